The van der Waals surface area contributed by atoms with Gasteiger partial charge >= 0.3 is 0 Å². The smallest absolute Gasteiger partial charge is 0.263 e. The molecule has 1 fully saturated rings. The standard InChI is InChI=1S/C24H27FN6O3S2.H2/c1-17(31-10-2-3-18-15-19(25)4-9-22(18)31)23(32)30-13-11-29(12-14-30)20-5-7-21(8-6-20)36(33,34)28-24-27-26-16-35-24;/h4-9,15-17H,2-3,10-14H2,1H3,(H,27,28);1H/t17-;/m1./s1. The van der Waals surface area contributed by atoms with Crippen molar-refractivity contribution in [3.05, 3.63) is 59.4 Å². The van der Waals surface area contributed by atoms with Crippen LogP contribution in [0.1, 0.15) is 20.3 Å². The molecule has 0 radical (unpaired) electrons. The van der Waals surface area contributed by atoms with E-state index >= 15 is 0 Å². The molecule has 0 bridgehead atoms. The second-order valence-electron chi connectivity index (χ2n) is 8.90. The van der Waals surface area contributed by atoms with Crippen LogP contribution < -0.4 is 14.5 Å². The second kappa shape index (κ2) is 10.0. The van der Waals surface area contributed by atoms with Crippen molar-refractivity contribution in [3.8, 4) is 0 Å². The zero-order chi connectivity index (χ0) is 25.3. The van der Waals surface area contributed by atoms with Gasteiger partial charge in [-0.3, -0.25) is 9.52 Å². The number of nitrogens with zero attached hydrogens (tertiary/aromatic N) is 5. The SMILES string of the molecule is C[C@H](C(=O)N1CCN(c2ccc(S(=O)(=O)Nc3nncs3)cc2)CC1)N1CCCc2cc(F)ccc21.[HH]. The van der Waals surface area contributed by atoms with E-state index in [0.29, 0.717) is 26.2 Å². The van der Waals surface area contributed by atoms with Crippen LogP contribution >= 0.6 is 11.3 Å². The van der Waals surface area contributed by atoms with E-state index in [1.54, 1.807) is 36.4 Å². The maximum atomic E-state index is 13.7. The summed E-state index contributed by atoms with van der Waals surface area (Å²) in [6, 6.07) is 11.2. The molecule has 12 heteroatoms. The van der Waals surface area contributed by atoms with E-state index in [0.717, 1.165) is 47.7 Å². The van der Waals surface area contributed by atoms with E-state index in [1.807, 2.05) is 11.8 Å². The number of benzene rings is 2. The number of piperazine rings is 1. The summed E-state index contributed by atoms with van der Waals surface area (Å²) in [5, 5.41) is 7.57. The van der Waals surface area contributed by atoms with Crippen molar-refractivity contribution >= 4 is 43.8 Å². The third kappa shape index (κ3) is 5.00. The van der Waals surface area contributed by atoms with Gasteiger partial charge in [0.15, 0.2) is 0 Å². The van der Waals surface area contributed by atoms with E-state index in [4.69, 9.17) is 0 Å². The summed E-state index contributed by atoms with van der Waals surface area (Å²) in [7, 11) is -3.73. The first-order valence-electron chi connectivity index (χ1n) is 11.8. The number of halogens is 1. The van der Waals surface area contributed by atoms with Crippen molar-refractivity contribution in [3.63, 3.8) is 0 Å². The summed E-state index contributed by atoms with van der Waals surface area (Å²) < 4.78 is 41.2. The number of aryl methyl sites for hydroxylation is 1. The maximum absolute atomic E-state index is 13.7. The number of hydrogen-bond donors (Lipinski definition) is 1. The molecule has 2 aromatic carbocycles. The van der Waals surface area contributed by atoms with Gasteiger partial charge in [-0.15, -0.1) is 10.2 Å². The van der Waals surface area contributed by atoms with Crippen molar-refractivity contribution in [1.82, 2.24) is 15.1 Å². The van der Waals surface area contributed by atoms with Gasteiger partial charge in [-0.25, -0.2) is 12.8 Å². The molecule has 9 nitrogen and oxygen atoms in total. The van der Waals surface area contributed by atoms with Crippen molar-refractivity contribution < 1.29 is 19.0 Å². The first-order chi connectivity index (χ1) is 17.3. The number of nitrogens with one attached hydrogen (secondary N) is 1. The maximum Gasteiger partial charge on any atom is 0.263 e. The number of amides is 1. The molecule has 1 saturated heterocycles. The molecule has 36 heavy (non-hydrogen) atoms. The lowest BCUT2D eigenvalue weighted by Gasteiger charge is -2.41. The van der Waals surface area contributed by atoms with Crippen LogP contribution in [0.5, 0.6) is 0 Å². The summed E-state index contributed by atoms with van der Waals surface area (Å²) in [6.45, 7) is 5.14. The lowest BCUT2D eigenvalue weighted by atomic mass is 9.99. The van der Waals surface area contributed by atoms with Gasteiger partial charge in [0.1, 0.15) is 17.4 Å². The Morgan fingerprint density at radius 3 is 2.56 bits per heavy atom. The van der Waals surface area contributed by atoms with Gasteiger partial charge < -0.3 is 14.7 Å². The predicted octanol–water partition coefficient (Wildman–Crippen LogP) is 3.21. The molecule has 3 heterocycles. The number of carbonyl (C=O) groups excluding carboxylic acids is 1. The van der Waals surface area contributed by atoms with Gasteiger partial charge in [0.25, 0.3) is 10.0 Å². The number of rotatable bonds is 6. The molecule has 0 spiro atoms. The fourth-order valence-electron chi connectivity index (χ4n) is 4.81. The van der Waals surface area contributed by atoms with E-state index in [2.05, 4.69) is 24.7 Å². The summed E-state index contributed by atoms with van der Waals surface area (Å²) in [6.07, 6.45) is 1.71. The molecule has 0 saturated carbocycles. The molecule has 0 unspecified atom stereocenters. The lowest BCUT2D eigenvalue weighted by Crippen LogP contribution is -2.55. The third-order valence-electron chi connectivity index (χ3n) is 6.71. The van der Waals surface area contributed by atoms with Crippen LogP contribution in [0.2, 0.25) is 0 Å². The topological polar surface area (TPSA) is 98.7 Å². The molecule has 1 N–H and O–H groups in total. The predicted molar refractivity (Wildman–Crippen MR) is 140 cm³/mol. The number of carbonyl (C=O) groups is 1. The largest absolute Gasteiger partial charge is 0.368 e. The van der Waals surface area contributed by atoms with Crippen LogP contribution in [0.25, 0.3) is 0 Å². The molecule has 1 amide bonds. The molecule has 1 aromatic heterocycles. The minimum atomic E-state index is -3.73. The highest BCUT2D eigenvalue weighted by Gasteiger charge is 2.31. The van der Waals surface area contributed by atoms with Gasteiger partial charge in [0.05, 0.1) is 4.90 Å². The molecule has 2 aliphatic rings. The monoisotopic (exact) mass is 532 g/mol. The molecule has 1 atom stereocenters. The fourth-order valence-corrected chi connectivity index (χ4v) is 6.50. The highest BCUT2D eigenvalue weighted by molar-refractivity contribution is 7.93. The molecule has 0 aliphatic carbocycles. The highest BCUT2D eigenvalue weighted by Crippen LogP contribution is 2.30. The molecular weight excluding hydrogens is 503 g/mol. The molecule has 5 rings (SSSR count). The van der Waals surface area contributed by atoms with Gasteiger partial charge in [0, 0.05) is 45.5 Å². The quantitative estimate of drug-likeness (QED) is 0.521. The number of fused-ring (bicyclic) bond motifs is 1. The second-order valence-corrected chi connectivity index (χ2v) is 11.4. The highest BCUT2D eigenvalue weighted by atomic mass is 32.2. The van der Waals surface area contributed by atoms with Crippen LogP contribution in [-0.2, 0) is 21.2 Å². The van der Waals surface area contributed by atoms with Crippen molar-refractivity contribution in [1.29, 1.82) is 0 Å². The summed E-state index contributed by atoms with van der Waals surface area (Å²) in [5.74, 6) is -0.180. The van der Waals surface area contributed by atoms with E-state index < -0.39 is 10.0 Å². The Morgan fingerprint density at radius 1 is 1.11 bits per heavy atom. The Bertz CT molecular complexity index is 1330. The van der Waals surface area contributed by atoms with Crippen LogP contribution in [0.4, 0.5) is 20.9 Å². The number of sulfonamides is 1. The number of hydrogen-bond acceptors (Lipinski definition) is 8. The first kappa shape index (κ1) is 24.4. The zero-order valence-corrected chi connectivity index (χ0v) is 21.4. The van der Waals surface area contributed by atoms with Gasteiger partial charge in [-0.2, -0.15) is 0 Å². The van der Waals surface area contributed by atoms with E-state index in [9.17, 15) is 17.6 Å². The fraction of sp³-hybridized carbons (Fsp3) is 0.375. The van der Waals surface area contributed by atoms with Crippen LogP contribution in [-0.4, -0.2) is 68.2 Å². The lowest BCUT2D eigenvalue weighted by molar-refractivity contribution is -0.132. The van der Waals surface area contributed by atoms with Gasteiger partial charge in [-0.1, -0.05) is 11.3 Å². The molecule has 2 aliphatic heterocycles. The Balaban J connectivity index is 0.00000320. The number of anilines is 3. The van der Waals surface area contributed by atoms with E-state index in [1.165, 1.54) is 11.6 Å². The Kier molecular flexibility index (Phi) is 6.80. The number of aromatic nitrogens is 2. The summed E-state index contributed by atoms with van der Waals surface area (Å²) >= 11 is 1.11. The van der Waals surface area contributed by atoms with Crippen molar-refractivity contribution in [2.75, 3.05) is 47.2 Å². The van der Waals surface area contributed by atoms with Crippen LogP contribution in [0.15, 0.2) is 52.9 Å². The Morgan fingerprint density at radius 2 is 1.86 bits per heavy atom. The van der Waals surface area contributed by atoms with Gasteiger partial charge in [0.2, 0.25) is 11.0 Å². The van der Waals surface area contributed by atoms with E-state index in [-0.39, 0.29) is 29.2 Å². The van der Waals surface area contributed by atoms with Crippen LogP contribution in [0, 0.1) is 5.82 Å². The summed E-state index contributed by atoms with van der Waals surface area (Å²) in [4.78, 5) is 19.6. The minimum Gasteiger partial charge on any atom is -0.368 e. The van der Waals surface area contributed by atoms with Gasteiger partial charge in [-0.05, 0) is 67.8 Å². The average molecular weight is 533 g/mol. The molecular formula is C24H29FN6O3S2. The first-order valence-corrected chi connectivity index (χ1v) is 14.2. The van der Waals surface area contributed by atoms with Crippen molar-refractivity contribution in [2.24, 2.45) is 0 Å². The third-order valence-corrected chi connectivity index (χ3v) is 8.80. The minimum absolute atomic E-state index is 0. The zero-order valence-electron chi connectivity index (χ0n) is 19.8. The summed E-state index contributed by atoms with van der Waals surface area (Å²) in [5.41, 5.74) is 4.25. The normalized spacial score (nSPS) is 17.0. The van der Waals surface area contributed by atoms with Crippen molar-refractivity contribution in [2.45, 2.75) is 30.7 Å². The molecule has 3 aromatic rings. The average Bonchev–Trinajstić information content (AvgIpc) is 3.40. The van der Waals surface area contributed by atoms with Crippen LogP contribution in [0.3, 0.4) is 0 Å². The Labute approximate surface area is 215 Å². The molecule has 192 valence electrons. The Hall–Kier alpha value is -3.25.